The van der Waals surface area contributed by atoms with Gasteiger partial charge in [-0.3, -0.25) is 0 Å². The second-order valence-corrected chi connectivity index (χ2v) is 7.24. The second kappa shape index (κ2) is 6.35. The summed E-state index contributed by atoms with van der Waals surface area (Å²) >= 11 is 5.39. The summed E-state index contributed by atoms with van der Waals surface area (Å²) in [4.78, 5) is 1.48. The molecule has 0 spiro atoms. The fraction of sp³-hybridized carbons (Fsp3) is 0.714. The number of nitrogens with two attached hydrogens (primary N) is 1. The van der Waals surface area contributed by atoms with Crippen molar-refractivity contribution in [2.24, 2.45) is 17.6 Å². The van der Waals surface area contributed by atoms with Crippen molar-refractivity contribution in [3.8, 4) is 0 Å². The third kappa shape index (κ3) is 3.80. The summed E-state index contributed by atoms with van der Waals surface area (Å²) in [6, 6.07) is 2.67. The van der Waals surface area contributed by atoms with Crippen LogP contribution < -0.4 is 5.73 Å². The number of hydrogen-bond donors (Lipinski definition) is 1. The van der Waals surface area contributed by atoms with Gasteiger partial charge in [-0.1, -0.05) is 19.8 Å². The summed E-state index contributed by atoms with van der Waals surface area (Å²) in [6.07, 6.45) is 7.79. The lowest BCUT2D eigenvalue weighted by Gasteiger charge is -2.34. The number of halogens is 1. The van der Waals surface area contributed by atoms with Gasteiger partial charge in [0.25, 0.3) is 0 Å². The lowest BCUT2D eigenvalue weighted by molar-refractivity contribution is 0.222. The van der Waals surface area contributed by atoms with E-state index in [9.17, 15) is 0 Å². The van der Waals surface area contributed by atoms with Gasteiger partial charge in [-0.2, -0.15) is 0 Å². The highest BCUT2D eigenvalue weighted by molar-refractivity contribution is 9.10. The highest BCUT2D eigenvalue weighted by atomic mass is 79.9. The van der Waals surface area contributed by atoms with Gasteiger partial charge in [-0.05, 0) is 59.5 Å². The average Bonchev–Trinajstić information content (AvgIpc) is 2.69. The zero-order valence-electron chi connectivity index (χ0n) is 10.5. The molecule has 17 heavy (non-hydrogen) atoms. The van der Waals surface area contributed by atoms with Crippen molar-refractivity contribution in [3.63, 3.8) is 0 Å². The van der Waals surface area contributed by atoms with Crippen molar-refractivity contribution in [3.05, 3.63) is 20.8 Å². The molecule has 1 saturated carbocycles. The smallest absolute Gasteiger partial charge is 0.0285 e. The van der Waals surface area contributed by atoms with Gasteiger partial charge in [-0.25, -0.2) is 0 Å². The van der Waals surface area contributed by atoms with Gasteiger partial charge in [0, 0.05) is 20.8 Å². The van der Waals surface area contributed by atoms with Gasteiger partial charge in [0.2, 0.25) is 0 Å². The van der Waals surface area contributed by atoms with Crippen LogP contribution >= 0.6 is 27.3 Å². The maximum Gasteiger partial charge on any atom is 0.0285 e. The van der Waals surface area contributed by atoms with E-state index in [1.54, 1.807) is 0 Å². The Morgan fingerprint density at radius 1 is 1.47 bits per heavy atom. The van der Waals surface area contributed by atoms with Crippen molar-refractivity contribution in [1.82, 2.24) is 0 Å². The van der Waals surface area contributed by atoms with E-state index in [1.807, 2.05) is 11.3 Å². The van der Waals surface area contributed by atoms with E-state index in [1.165, 1.54) is 47.9 Å². The Hall–Kier alpha value is 0.140. The minimum Gasteiger partial charge on any atom is -0.327 e. The Morgan fingerprint density at radius 2 is 2.29 bits per heavy atom. The highest BCUT2D eigenvalue weighted by Crippen LogP contribution is 2.34. The summed E-state index contributed by atoms with van der Waals surface area (Å²) in [6.45, 7) is 2.29. The van der Waals surface area contributed by atoms with Crippen molar-refractivity contribution < 1.29 is 0 Å². The zero-order valence-corrected chi connectivity index (χ0v) is 12.9. The standard InChI is InChI=1S/C14H22BrNS/c1-2-3-10-4-5-14(16)11(6-10)7-13-8-12(15)9-17-13/h8-11,14H,2-7,16H2,1H3. The molecule has 1 heterocycles. The topological polar surface area (TPSA) is 26.0 Å². The lowest BCUT2D eigenvalue weighted by atomic mass is 9.75. The molecule has 0 amide bonds. The van der Waals surface area contributed by atoms with E-state index in [0.29, 0.717) is 12.0 Å². The molecule has 1 nitrogen and oxygen atoms in total. The summed E-state index contributed by atoms with van der Waals surface area (Å²) in [5.41, 5.74) is 6.28. The maximum absolute atomic E-state index is 6.28. The summed E-state index contributed by atoms with van der Waals surface area (Å²) in [5.74, 6) is 1.62. The van der Waals surface area contributed by atoms with Crippen molar-refractivity contribution >= 4 is 27.3 Å². The molecule has 1 aromatic heterocycles. The van der Waals surface area contributed by atoms with Gasteiger partial charge >= 0.3 is 0 Å². The van der Waals surface area contributed by atoms with Crippen molar-refractivity contribution in [2.75, 3.05) is 0 Å². The first-order chi connectivity index (χ1) is 8.19. The molecule has 2 rings (SSSR count). The van der Waals surface area contributed by atoms with Gasteiger partial charge in [-0.15, -0.1) is 11.3 Å². The van der Waals surface area contributed by atoms with Gasteiger partial charge in [0.15, 0.2) is 0 Å². The Labute approximate surface area is 117 Å². The Morgan fingerprint density at radius 3 is 2.94 bits per heavy atom. The molecule has 1 aliphatic carbocycles. The summed E-state index contributed by atoms with van der Waals surface area (Å²) in [7, 11) is 0. The SMILES string of the molecule is CCCC1CCC(N)C(Cc2cc(Br)cs2)C1. The minimum absolute atomic E-state index is 0.420. The van der Waals surface area contributed by atoms with E-state index in [0.717, 1.165) is 5.92 Å². The third-order valence-corrected chi connectivity index (χ3v) is 5.65. The van der Waals surface area contributed by atoms with Crippen LogP contribution in [0.15, 0.2) is 15.9 Å². The molecular formula is C14H22BrNS. The predicted molar refractivity (Wildman–Crippen MR) is 79.4 cm³/mol. The average molecular weight is 316 g/mol. The van der Waals surface area contributed by atoms with Crippen LogP contribution in [0.2, 0.25) is 0 Å². The van der Waals surface area contributed by atoms with Gasteiger partial charge < -0.3 is 5.73 Å². The molecule has 1 aromatic rings. The monoisotopic (exact) mass is 315 g/mol. The quantitative estimate of drug-likeness (QED) is 0.863. The molecule has 1 aliphatic rings. The van der Waals surface area contributed by atoms with Crippen LogP contribution in [0.3, 0.4) is 0 Å². The fourth-order valence-electron chi connectivity index (χ4n) is 3.01. The van der Waals surface area contributed by atoms with Gasteiger partial charge in [0.05, 0.1) is 0 Å². The predicted octanol–water partition coefficient (Wildman–Crippen LogP) is 4.60. The van der Waals surface area contributed by atoms with Crippen LogP contribution in [-0.4, -0.2) is 6.04 Å². The van der Waals surface area contributed by atoms with E-state index >= 15 is 0 Å². The zero-order chi connectivity index (χ0) is 12.3. The van der Waals surface area contributed by atoms with Crippen molar-refractivity contribution in [1.29, 1.82) is 0 Å². The Bertz CT molecular complexity index is 350. The van der Waals surface area contributed by atoms with Crippen LogP contribution in [0.25, 0.3) is 0 Å². The molecular weight excluding hydrogens is 294 g/mol. The molecule has 0 radical (unpaired) electrons. The molecule has 96 valence electrons. The number of hydrogen-bond acceptors (Lipinski definition) is 2. The molecule has 0 aromatic carbocycles. The Balaban J connectivity index is 1.93. The third-order valence-electron chi connectivity index (χ3n) is 3.93. The molecule has 3 heteroatoms. The van der Waals surface area contributed by atoms with Crippen molar-refractivity contribution in [2.45, 2.75) is 51.5 Å². The molecule has 3 atom stereocenters. The van der Waals surface area contributed by atoms with Crippen LogP contribution in [0.4, 0.5) is 0 Å². The van der Waals surface area contributed by atoms with Crippen LogP contribution in [0.1, 0.15) is 43.9 Å². The number of thiophene rings is 1. The minimum atomic E-state index is 0.420. The summed E-state index contributed by atoms with van der Waals surface area (Å²) < 4.78 is 1.21. The van der Waals surface area contributed by atoms with Crippen LogP contribution in [0, 0.1) is 11.8 Å². The number of rotatable bonds is 4. The first-order valence-electron chi connectivity index (χ1n) is 6.67. The van der Waals surface area contributed by atoms with E-state index in [-0.39, 0.29) is 0 Å². The molecule has 1 fully saturated rings. The Kier molecular flexibility index (Phi) is 5.07. The highest BCUT2D eigenvalue weighted by Gasteiger charge is 2.27. The summed E-state index contributed by atoms with van der Waals surface area (Å²) in [5, 5.41) is 2.17. The molecule has 2 N–H and O–H groups in total. The first kappa shape index (κ1) is 13.6. The van der Waals surface area contributed by atoms with Crippen LogP contribution in [-0.2, 0) is 6.42 Å². The lowest BCUT2D eigenvalue weighted by Crippen LogP contribution is -2.37. The second-order valence-electron chi connectivity index (χ2n) is 5.33. The van der Waals surface area contributed by atoms with E-state index in [4.69, 9.17) is 5.73 Å². The maximum atomic E-state index is 6.28. The first-order valence-corrected chi connectivity index (χ1v) is 8.34. The van der Waals surface area contributed by atoms with E-state index in [2.05, 4.69) is 34.3 Å². The largest absolute Gasteiger partial charge is 0.327 e. The molecule has 3 unspecified atom stereocenters. The van der Waals surface area contributed by atoms with Crippen LogP contribution in [0.5, 0.6) is 0 Å². The molecule has 0 saturated heterocycles. The molecule has 0 bridgehead atoms. The molecule has 0 aliphatic heterocycles. The van der Waals surface area contributed by atoms with Gasteiger partial charge in [0.1, 0.15) is 0 Å². The fourth-order valence-corrected chi connectivity index (χ4v) is 4.55. The van der Waals surface area contributed by atoms with E-state index < -0.39 is 0 Å². The normalized spacial score (nSPS) is 29.5.